The number of nitrogens with zero attached hydrogens (tertiary/aromatic N) is 1. The topological polar surface area (TPSA) is 70.8 Å². The second kappa shape index (κ2) is 7.11. The second-order valence-electron chi connectivity index (χ2n) is 6.11. The van der Waals surface area contributed by atoms with Crippen molar-refractivity contribution in [1.82, 2.24) is 5.16 Å². The van der Waals surface area contributed by atoms with Crippen LogP contribution in [0.5, 0.6) is 11.5 Å². The van der Waals surface area contributed by atoms with E-state index in [0.29, 0.717) is 28.5 Å². The van der Waals surface area contributed by atoms with Gasteiger partial charge in [-0.05, 0) is 43.3 Å². The summed E-state index contributed by atoms with van der Waals surface area (Å²) in [5.41, 5.74) is 1.11. The number of hydrogen-bond acceptors (Lipinski definition) is 6. The number of para-hydroxylation sites is 2. The summed E-state index contributed by atoms with van der Waals surface area (Å²) in [5, 5.41) is 3.87. The predicted octanol–water partition coefficient (Wildman–Crippen LogP) is 3.75. The molecule has 0 amide bonds. The molecule has 0 aliphatic carbocycles. The van der Waals surface area contributed by atoms with E-state index in [9.17, 15) is 9.18 Å². The second-order valence-corrected chi connectivity index (χ2v) is 6.11. The number of ether oxygens (including phenoxy) is 3. The Hall–Kier alpha value is -3.35. The van der Waals surface area contributed by atoms with Crippen LogP contribution in [-0.4, -0.2) is 23.3 Å². The highest BCUT2D eigenvalue weighted by atomic mass is 19.1. The molecule has 1 aliphatic heterocycles. The lowest BCUT2D eigenvalue weighted by Gasteiger charge is -2.30. The van der Waals surface area contributed by atoms with Crippen molar-refractivity contribution in [1.29, 1.82) is 0 Å². The molecule has 0 saturated carbocycles. The Morgan fingerprint density at radius 1 is 1.11 bits per heavy atom. The van der Waals surface area contributed by atoms with Crippen LogP contribution in [0.2, 0.25) is 0 Å². The zero-order chi connectivity index (χ0) is 18.8. The molecule has 0 N–H and O–H groups in total. The molecule has 3 aromatic rings. The van der Waals surface area contributed by atoms with Crippen LogP contribution in [0.15, 0.2) is 59.1 Å². The summed E-state index contributed by atoms with van der Waals surface area (Å²) in [6.45, 7) is 1.67. The zero-order valence-electron chi connectivity index (χ0n) is 14.4. The summed E-state index contributed by atoms with van der Waals surface area (Å²) < 4.78 is 34.9. The lowest BCUT2D eigenvalue weighted by Crippen LogP contribution is -2.44. The SMILES string of the molecule is CC1Oc2ccccc2OC1C(=O)OCc1cc(-c2ccc(F)cc2)on1. The molecular weight excluding hydrogens is 353 g/mol. The molecule has 2 heterocycles. The van der Waals surface area contributed by atoms with E-state index in [1.807, 2.05) is 6.07 Å². The van der Waals surface area contributed by atoms with Crippen LogP contribution in [0.1, 0.15) is 12.6 Å². The van der Waals surface area contributed by atoms with Crippen LogP contribution in [0, 0.1) is 5.82 Å². The molecular formula is C20H16FNO5. The Morgan fingerprint density at radius 2 is 1.81 bits per heavy atom. The minimum Gasteiger partial charge on any atom is -0.482 e. The average molecular weight is 369 g/mol. The van der Waals surface area contributed by atoms with E-state index >= 15 is 0 Å². The van der Waals surface area contributed by atoms with Crippen LogP contribution in [0.3, 0.4) is 0 Å². The molecule has 1 aromatic heterocycles. The molecule has 0 saturated heterocycles. The minimum absolute atomic E-state index is 0.0717. The molecule has 27 heavy (non-hydrogen) atoms. The Bertz CT molecular complexity index is 953. The molecule has 2 unspecified atom stereocenters. The van der Waals surface area contributed by atoms with Gasteiger partial charge in [0.05, 0.1) is 0 Å². The van der Waals surface area contributed by atoms with Gasteiger partial charge in [0.15, 0.2) is 17.3 Å². The van der Waals surface area contributed by atoms with Crippen molar-refractivity contribution in [3.8, 4) is 22.8 Å². The van der Waals surface area contributed by atoms with Crippen molar-refractivity contribution in [2.75, 3.05) is 0 Å². The van der Waals surface area contributed by atoms with Gasteiger partial charge in [-0.1, -0.05) is 17.3 Å². The highest BCUT2D eigenvalue weighted by Crippen LogP contribution is 2.33. The maximum atomic E-state index is 13.0. The summed E-state index contributed by atoms with van der Waals surface area (Å²) in [6.07, 6.45) is -1.36. The molecule has 138 valence electrons. The third kappa shape index (κ3) is 3.62. The molecule has 0 bridgehead atoms. The molecule has 1 aliphatic rings. The van der Waals surface area contributed by atoms with Gasteiger partial charge in [-0.25, -0.2) is 9.18 Å². The molecule has 6 nitrogen and oxygen atoms in total. The third-order valence-corrected chi connectivity index (χ3v) is 4.12. The molecule has 7 heteroatoms. The van der Waals surface area contributed by atoms with Crippen LogP contribution in [-0.2, 0) is 16.1 Å². The van der Waals surface area contributed by atoms with E-state index < -0.39 is 18.2 Å². The van der Waals surface area contributed by atoms with Crippen LogP contribution < -0.4 is 9.47 Å². The smallest absolute Gasteiger partial charge is 0.351 e. The van der Waals surface area contributed by atoms with E-state index in [1.165, 1.54) is 12.1 Å². The number of benzene rings is 2. The molecule has 0 spiro atoms. The lowest BCUT2D eigenvalue weighted by molar-refractivity contribution is -0.159. The summed E-state index contributed by atoms with van der Waals surface area (Å²) in [4.78, 5) is 12.4. The van der Waals surface area contributed by atoms with Crippen molar-refractivity contribution in [3.63, 3.8) is 0 Å². The number of carbonyl (C=O) groups is 1. The van der Waals surface area contributed by atoms with Crippen LogP contribution in [0.4, 0.5) is 4.39 Å². The molecule has 2 atom stereocenters. The fourth-order valence-electron chi connectivity index (χ4n) is 2.74. The number of rotatable bonds is 4. The Kier molecular flexibility index (Phi) is 4.50. The van der Waals surface area contributed by atoms with Gasteiger partial charge in [0.25, 0.3) is 0 Å². The van der Waals surface area contributed by atoms with Crippen LogP contribution >= 0.6 is 0 Å². The van der Waals surface area contributed by atoms with E-state index in [0.717, 1.165) is 0 Å². The third-order valence-electron chi connectivity index (χ3n) is 4.12. The first-order valence-electron chi connectivity index (χ1n) is 8.40. The first kappa shape index (κ1) is 17.1. The highest BCUT2D eigenvalue weighted by molar-refractivity contribution is 5.76. The Morgan fingerprint density at radius 3 is 2.56 bits per heavy atom. The Labute approximate surface area is 154 Å². The van der Waals surface area contributed by atoms with E-state index in [2.05, 4.69) is 5.16 Å². The quantitative estimate of drug-likeness (QED) is 0.652. The minimum atomic E-state index is -0.872. The summed E-state index contributed by atoms with van der Waals surface area (Å²) in [7, 11) is 0. The lowest BCUT2D eigenvalue weighted by atomic mass is 10.1. The number of carbonyl (C=O) groups excluding carboxylic acids is 1. The van der Waals surface area contributed by atoms with Gasteiger partial charge in [-0.15, -0.1) is 0 Å². The largest absolute Gasteiger partial charge is 0.482 e. The number of fused-ring (bicyclic) bond motifs is 1. The van der Waals surface area contributed by atoms with Gasteiger partial charge in [0.1, 0.15) is 24.2 Å². The standard InChI is InChI=1S/C20H16FNO5/c1-12-19(26-17-5-3-2-4-16(17)25-12)20(23)24-11-15-10-18(27-22-15)13-6-8-14(21)9-7-13/h2-10,12,19H,11H2,1H3. The highest BCUT2D eigenvalue weighted by Gasteiger charge is 2.35. The van der Waals surface area contributed by atoms with Gasteiger partial charge in [-0.2, -0.15) is 0 Å². The first-order chi connectivity index (χ1) is 13.1. The van der Waals surface area contributed by atoms with E-state index in [4.69, 9.17) is 18.7 Å². The number of hydrogen-bond donors (Lipinski definition) is 0. The van der Waals surface area contributed by atoms with Gasteiger partial charge < -0.3 is 18.7 Å². The first-order valence-corrected chi connectivity index (χ1v) is 8.40. The fourth-order valence-corrected chi connectivity index (χ4v) is 2.74. The summed E-state index contributed by atoms with van der Waals surface area (Å²) >= 11 is 0. The molecule has 0 fully saturated rings. The number of halogens is 1. The van der Waals surface area contributed by atoms with Crippen molar-refractivity contribution < 1.29 is 27.9 Å². The van der Waals surface area contributed by atoms with Gasteiger partial charge in [0, 0.05) is 11.6 Å². The molecule has 2 aromatic carbocycles. The van der Waals surface area contributed by atoms with Crippen molar-refractivity contribution in [2.24, 2.45) is 0 Å². The average Bonchev–Trinajstić information content (AvgIpc) is 3.15. The van der Waals surface area contributed by atoms with Crippen molar-refractivity contribution in [3.05, 3.63) is 66.1 Å². The van der Waals surface area contributed by atoms with Crippen molar-refractivity contribution >= 4 is 5.97 Å². The normalized spacial score (nSPS) is 18.1. The number of esters is 1. The van der Waals surface area contributed by atoms with Gasteiger partial charge >= 0.3 is 5.97 Å². The fraction of sp³-hybridized carbons (Fsp3) is 0.200. The van der Waals surface area contributed by atoms with Crippen molar-refractivity contribution in [2.45, 2.75) is 25.7 Å². The van der Waals surface area contributed by atoms with Gasteiger partial charge in [-0.3, -0.25) is 0 Å². The van der Waals surface area contributed by atoms with Crippen LogP contribution in [0.25, 0.3) is 11.3 Å². The monoisotopic (exact) mass is 369 g/mol. The van der Waals surface area contributed by atoms with E-state index in [-0.39, 0.29) is 12.4 Å². The molecule has 4 rings (SSSR count). The maximum Gasteiger partial charge on any atom is 0.351 e. The van der Waals surface area contributed by atoms with E-state index in [1.54, 1.807) is 43.3 Å². The van der Waals surface area contributed by atoms with Gasteiger partial charge in [0.2, 0.25) is 6.10 Å². The maximum absolute atomic E-state index is 13.0. The number of aromatic nitrogens is 1. The predicted molar refractivity (Wildman–Crippen MR) is 92.6 cm³/mol. The molecule has 0 radical (unpaired) electrons. The summed E-state index contributed by atoms with van der Waals surface area (Å²) in [5.74, 6) is 0.661. The Balaban J connectivity index is 1.39. The summed E-state index contributed by atoms with van der Waals surface area (Å²) in [6, 6.07) is 14.6. The zero-order valence-corrected chi connectivity index (χ0v) is 14.4.